The van der Waals surface area contributed by atoms with E-state index in [0.717, 1.165) is 28.8 Å². The molecule has 1 aromatic carbocycles. The number of nitrogens with one attached hydrogen (secondary N) is 1. The summed E-state index contributed by atoms with van der Waals surface area (Å²) in [5.74, 6) is -4.68. The number of aromatic nitrogens is 1. The Labute approximate surface area is 133 Å². The van der Waals surface area contributed by atoms with Crippen LogP contribution < -0.4 is 5.32 Å². The summed E-state index contributed by atoms with van der Waals surface area (Å²) in [6.07, 6.45) is 2.38. The number of rotatable bonds is 4. The fourth-order valence-corrected chi connectivity index (χ4v) is 2.50. The number of benzene rings is 1. The summed E-state index contributed by atoms with van der Waals surface area (Å²) >= 11 is 0. The summed E-state index contributed by atoms with van der Waals surface area (Å²) in [5, 5.41) is 2.57. The Kier molecular flexibility index (Phi) is 3.88. The molecule has 1 aromatic heterocycles. The highest BCUT2D eigenvalue weighted by molar-refractivity contribution is 5.95. The second kappa shape index (κ2) is 5.72. The average molecular weight is 316 g/mol. The second-order valence-electron chi connectivity index (χ2n) is 5.94. The van der Waals surface area contributed by atoms with Crippen molar-refractivity contribution in [2.45, 2.75) is 32.6 Å². The van der Waals surface area contributed by atoms with Crippen molar-refractivity contribution in [3.63, 3.8) is 0 Å². The van der Waals surface area contributed by atoms with Crippen LogP contribution in [0.4, 0.5) is 14.5 Å². The molecule has 3 rings (SSSR count). The number of alkyl halides is 2. The van der Waals surface area contributed by atoms with Gasteiger partial charge in [-0.3, -0.25) is 9.78 Å². The third-order valence-electron chi connectivity index (χ3n) is 4.16. The molecule has 1 atom stereocenters. The summed E-state index contributed by atoms with van der Waals surface area (Å²) in [7, 11) is 0. The zero-order valence-corrected chi connectivity index (χ0v) is 13.1. The zero-order valence-electron chi connectivity index (χ0n) is 13.1. The monoisotopic (exact) mass is 316 g/mol. The van der Waals surface area contributed by atoms with Crippen LogP contribution in [0.1, 0.15) is 24.5 Å². The Hall–Kier alpha value is -2.30. The van der Waals surface area contributed by atoms with E-state index in [2.05, 4.69) is 17.2 Å². The van der Waals surface area contributed by atoms with Crippen LogP contribution >= 0.6 is 0 Å². The lowest BCUT2D eigenvalue weighted by Crippen LogP contribution is -2.17. The standard InChI is InChI=1S/C18H18F2N2O/c1-3-12-5-7-16(21-10-12)14-8-13(6-4-11(14)2)22-17(23)15-9-18(15,19)20/h4-8,10,15H,3,9H2,1-2H3,(H,22,23)/t15-/m1/s1. The number of aryl methyl sites for hydroxylation is 2. The maximum absolute atomic E-state index is 13.0. The number of carbonyl (C=O) groups is 1. The van der Waals surface area contributed by atoms with Crippen LogP contribution in [0.25, 0.3) is 11.3 Å². The highest BCUT2D eigenvalue weighted by Crippen LogP contribution is 2.49. The molecule has 1 amide bonds. The van der Waals surface area contributed by atoms with E-state index >= 15 is 0 Å². The van der Waals surface area contributed by atoms with Gasteiger partial charge in [0.1, 0.15) is 5.92 Å². The van der Waals surface area contributed by atoms with E-state index in [9.17, 15) is 13.6 Å². The third-order valence-corrected chi connectivity index (χ3v) is 4.16. The van der Waals surface area contributed by atoms with Crippen LogP contribution in [-0.2, 0) is 11.2 Å². The number of halogens is 2. The number of pyridine rings is 1. The van der Waals surface area contributed by atoms with Crippen molar-refractivity contribution in [3.8, 4) is 11.3 Å². The van der Waals surface area contributed by atoms with Crippen LogP contribution in [0.5, 0.6) is 0 Å². The molecular weight excluding hydrogens is 298 g/mol. The number of nitrogens with zero attached hydrogens (tertiary/aromatic N) is 1. The first-order valence-electron chi connectivity index (χ1n) is 7.65. The summed E-state index contributed by atoms with van der Waals surface area (Å²) in [4.78, 5) is 16.2. The first-order valence-corrected chi connectivity index (χ1v) is 7.65. The van der Waals surface area contributed by atoms with Gasteiger partial charge >= 0.3 is 0 Å². The molecule has 1 heterocycles. The van der Waals surface area contributed by atoms with Gasteiger partial charge in [-0.25, -0.2) is 8.78 Å². The fourth-order valence-electron chi connectivity index (χ4n) is 2.50. The van der Waals surface area contributed by atoms with Crippen molar-refractivity contribution >= 4 is 11.6 Å². The molecule has 0 aliphatic heterocycles. The predicted octanol–water partition coefficient (Wildman–Crippen LogP) is 4.21. The molecule has 2 aromatic rings. The number of hydrogen-bond donors (Lipinski definition) is 1. The predicted molar refractivity (Wildman–Crippen MR) is 85.5 cm³/mol. The van der Waals surface area contributed by atoms with Gasteiger partial charge in [-0.15, -0.1) is 0 Å². The molecule has 0 saturated heterocycles. The van der Waals surface area contributed by atoms with Crippen LogP contribution in [0.3, 0.4) is 0 Å². The average Bonchev–Trinajstić information content (AvgIpc) is 3.18. The number of anilines is 1. The molecule has 1 N–H and O–H groups in total. The lowest BCUT2D eigenvalue weighted by Gasteiger charge is -2.10. The van der Waals surface area contributed by atoms with Crippen LogP contribution in [0, 0.1) is 12.8 Å². The lowest BCUT2D eigenvalue weighted by molar-refractivity contribution is -0.119. The van der Waals surface area contributed by atoms with Gasteiger partial charge in [-0.05, 0) is 42.7 Å². The molecule has 0 bridgehead atoms. The van der Waals surface area contributed by atoms with Gasteiger partial charge in [-0.2, -0.15) is 0 Å². The second-order valence-corrected chi connectivity index (χ2v) is 5.94. The van der Waals surface area contributed by atoms with Crippen molar-refractivity contribution in [2.75, 3.05) is 5.32 Å². The van der Waals surface area contributed by atoms with E-state index in [1.54, 1.807) is 12.1 Å². The Morgan fingerprint density at radius 2 is 2.09 bits per heavy atom. The zero-order chi connectivity index (χ0) is 16.6. The molecule has 120 valence electrons. The van der Waals surface area contributed by atoms with Crippen molar-refractivity contribution < 1.29 is 13.6 Å². The molecule has 0 radical (unpaired) electrons. The number of carbonyl (C=O) groups excluding carboxylic acids is 1. The van der Waals surface area contributed by atoms with Crippen LogP contribution in [0.2, 0.25) is 0 Å². The van der Waals surface area contributed by atoms with Gasteiger partial charge in [0.05, 0.1) is 5.69 Å². The third kappa shape index (κ3) is 3.23. The first kappa shape index (κ1) is 15.6. The molecule has 23 heavy (non-hydrogen) atoms. The molecule has 5 heteroatoms. The molecule has 1 aliphatic rings. The van der Waals surface area contributed by atoms with E-state index in [-0.39, 0.29) is 6.42 Å². The fraction of sp³-hybridized carbons (Fsp3) is 0.333. The topological polar surface area (TPSA) is 42.0 Å². The Morgan fingerprint density at radius 3 is 2.65 bits per heavy atom. The quantitative estimate of drug-likeness (QED) is 0.918. The smallest absolute Gasteiger partial charge is 0.260 e. The van der Waals surface area contributed by atoms with Gasteiger partial charge < -0.3 is 5.32 Å². The van der Waals surface area contributed by atoms with E-state index in [0.29, 0.717) is 5.69 Å². The summed E-state index contributed by atoms with van der Waals surface area (Å²) in [6, 6.07) is 9.30. The number of amides is 1. The summed E-state index contributed by atoms with van der Waals surface area (Å²) < 4.78 is 25.9. The Balaban J connectivity index is 1.82. The van der Waals surface area contributed by atoms with Crippen LogP contribution in [-0.4, -0.2) is 16.8 Å². The minimum Gasteiger partial charge on any atom is -0.326 e. The normalized spacial score (nSPS) is 18.5. The number of hydrogen-bond acceptors (Lipinski definition) is 2. The van der Waals surface area contributed by atoms with E-state index in [1.165, 1.54) is 0 Å². The molecular formula is C18H18F2N2O. The minimum atomic E-state index is -2.85. The maximum Gasteiger partial charge on any atom is 0.260 e. The highest BCUT2D eigenvalue weighted by Gasteiger charge is 2.61. The Morgan fingerprint density at radius 1 is 1.35 bits per heavy atom. The summed E-state index contributed by atoms with van der Waals surface area (Å²) in [5.41, 5.74) is 4.35. The van der Waals surface area contributed by atoms with Crippen molar-refractivity contribution in [3.05, 3.63) is 47.7 Å². The first-order chi connectivity index (χ1) is 10.9. The highest BCUT2D eigenvalue weighted by atomic mass is 19.3. The summed E-state index contributed by atoms with van der Waals surface area (Å²) in [6.45, 7) is 4.01. The van der Waals surface area contributed by atoms with Crippen molar-refractivity contribution in [1.29, 1.82) is 0 Å². The van der Waals surface area contributed by atoms with E-state index < -0.39 is 17.7 Å². The van der Waals surface area contributed by atoms with Gasteiger partial charge in [0.25, 0.3) is 5.92 Å². The Bertz CT molecular complexity index is 741. The van der Waals surface area contributed by atoms with E-state index in [1.807, 2.05) is 31.3 Å². The van der Waals surface area contributed by atoms with Crippen molar-refractivity contribution in [2.24, 2.45) is 5.92 Å². The van der Waals surface area contributed by atoms with Gasteiger partial charge in [0.2, 0.25) is 5.91 Å². The molecule has 1 aliphatic carbocycles. The van der Waals surface area contributed by atoms with Gasteiger partial charge in [-0.1, -0.05) is 19.1 Å². The molecule has 1 saturated carbocycles. The largest absolute Gasteiger partial charge is 0.326 e. The minimum absolute atomic E-state index is 0.364. The molecule has 3 nitrogen and oxygen atoms in total. The molecule has 1 fully saturated rings. The molecule has 0 unspecified atom stereocenters. The van der Waals surface area contributed by atoms with E-state index in [4.69, 9.17) is 0 Å². The van der Waals surface area contributed by atoms with Crippen LogP contribution in [0.15, 0.2) is 36.5 Å². The van der Waals surface area contributed by atoms with Crippen molar-refractivity contribution in [1.82, 2.24) is 4.98 Å². The van der Waals surface area contributed by atoms with Gasteiger partial charge in [0, 0.05) is 23.9 Å². The SMILES string of the molecule is CCc1ccc(-c2cc(NC(=O)[C@H]3CC3(F)F)ccc2C)nc1. The lowest BCUT2D eigenvalue weighted by atomic mass is 10.0. The maximum atomic E-state index is 13.0. The van der Waals surface area contributed by atoms with Gasteiger partial charge in [0.15, 0.2) is 0 Å². The molecule has 0 spiro atoms.